The highest BCUT2D eigenvalue weighted by atomic mass is 15.1. The van der Waals surface area contributed by atoms with Crippen molar-refractivity contribution in [3.05, 3.63) is 18.2 Å². The zero-order valence-corrected chi connectivity index (χ0v) is 25.3. The molecule has 0 atom stereocenters. The second kappa shape index (κ2) is 25.8. The van der Waals surface area contributed by atoms with Crippen LogP contribution in [0, 0.1) is 0 Å². The second-order valence-corrected chi connectivity index (χ2v) is 11.6. The van der Waals surface area contributed by atoms with E-state index in [2.05, 4.69) is 42.3 Å². The van der Waals surface area contributed by atoms with Gasteiger partial charge in [-0.05, 0) is 32.1 Å². The van der Waals surface area contributed by atoms with E-state index in [1.165, 1.54) is 180 Å². The highest BCUT2D eigenvalue weighted by molar-refractivity contribution is 4.84. The molecular weight excluding hydrogens is 436 g/mol. The minimum absolute atomic E-state index is 1.22. The summed E-state index contributed by atoms with van der Waals surface area (Å²) in [5.74, 6) is 1.61. The molecule has 0 N–H and O–H groups in total. The van der Waals surface area contributed by atoms with Crippen molar-refractivity contribution >= 4 is 0 Å². The zero-order valence-electron chi connectivity index (χ0n) is 25.3. The Morgan fingerprint density at radius 3 is 1.33 bits per heavy atom. The first-order valence-electron chi connectivity index (χ1n) is 16.9. The largest absolute Gasteiger partial charge is 0.256 e. The molecule has 0 unspecified atom stereocenters. The number of hydrogen-bond donors (Lipinski definition) is 0. The molecule has 36 heavy (non-hydrogen) atoms. The van der Waals surface area contributed by atoms with Gasteiger partial charge in [0.1, 0.15) is 12.4 Å². The highest BCUT2D eigenvalue weighted by Crippen LogP contribution is 2.15. The molecule has 0 bridgehead atoms. The molecule has 0 aliphatic rings. The van der Waals surface area contributed by atoms with Crippen LogP contribution in [-0.2, 0) is 19.5 Å². The van der Waals surface area contributed by atoms with Gasteiger partial charge in [-0.15, -0.1) is 0 Å². The molecule has 2 heteroatoms. The van der Waals surface area contributed by atoms with Crippen molar-refractivity contribution in [2.45, 2.75) is 201 Å². The minimum atomic E-state index is 1.22. The van der Waals surface area contributed by atoms with E-state index in [1.807, 2.05) is 0 Å². The van der Waals surface area contributed by atoms with Crippen LogP contribution < -0.4 is 4.57 Å². The van der Waals surface area contributed by atoms with Crippen molar-refractivity contribution in [2.75, 3.05) is 0 Å². The smallest absolute Gasteiger partial charge is 0.234 e. The predicted octanol–water partition coefficient (Wildman–Crippen LogP) is 11.1. The number of unbranched alkanes of at least 4 members (excludes halogenated alkanes) is 22. The molecule has 212 valence electrons. The van der Waals surface area contributed by atoms with E-state index in [1.54, 1.807) is 5.82 Å². The van der Waals surface area contributed by atoms with E-state index in [0.717, 1.165) is 0 Å². The molecule has 0 spiro atoms. The summed E-state index contributed by atoms with van der Waals surface area (Å²) >= 11 is 0. The molecule has 0 aliphatic carbocycles. The number of hydrogen-bond acceptors (Lipinski definition) is 0. The number of aromatic nitrogens is 2. The lowest BCUT2D eigenvalue weighted by Gasteiger charge is -2.07. The molecule has 0 fully saturated rings. The summed E-state index contributed by atoms with van der Waals surface area (Å²) in [4.78, 5) is 0. The van der Waals surface area contributed by atoms with Gasteiger partial charge in [-0.1, -0.05) is 149 Å². The Hall–Kier alpha value is -0.790. The quantitative estimate of drug-likeness (QED) is 0.0794. The third-order valence-electron chi connectivity index (χ3n) is 8.10. The molecule has 0 saturated carbocycles. The Morgan fingerprint density at radius 1 is 0.472 bits per heavy atom. The Bertz CT molecular complexity index is 562. The van der Waals surface area contributed by atoms with Crippen molar-refractivity contribution in [3.8, 4) is 0 Å². The minimum Gasteiger partial charge on any atom is -0.234 e. The molecule has 0 aromatic carbocycles. The van der Waals surface area contributed by atoms with Crippen molar-refractivity contribution < 1.29 is 4.57 Å². The lowest BCUT2D eigenvalue weighted by atomic mass is 10.0. The van der Waals surface area contributed by atoms with Crippen LogP contribution in [-0.4, -0.2) is 4.57 Å². The number of nitrogens with zero attached hydrogens (tertiary/aromatic N) is 2. The topological polar surface area (TPSA) is 8.81 Å². The standard InChI is InChI=1S/C34H67N2/c1-4-7-10-13-15-16-17-18-19-20-21-22-23-24-26-29-34-35(30-27-12-9-6-3)32-33-36(34)31-28-25-14-11-8-5-2/h32-33H,4-31H2,1-3H3/q+1. The third-order valence-corrected chi connectivity index (χ3v) is 8.10. The van der Waals surface area contributed by atoms with Crippen LogP contribution in [0.1, 0.15) is 187 Å². The van der Waals surface area contributed by atoms with Gasteiger partial charge < -0.3 is 0 Å². The molecule has 0 saturated heterocycles. The van der Waals surface area contributed by atoms with Crippen molar-refractivity contribution in [3.63, 3.8) is 0 Å². The lowest BCUT2D eigenvalue weighted by Crippen LogP contribution is -2.37. The summed E-state index contributed by atoms with van der Waals surface area (Å²) < 4.78 is 5.19. The average molecular weight is 504 g/mol. The van der Waals surface area contributed by atoms with E-state index < -0.39 is 0 Å². The maximum Gasteiger partial charge on any atom is 0.256 e. The van der Waals surface area contributed by atoms with Crippen LogP contribution in [0.25, 0.3) is 0 Å². The molecule has 0 radical (unpaired) electrons. The zero-order chi connectivity index (χ0) is 25.9. The molecule has 1 heterocycles. The highest BCUT2D eigenvalue weighted by Gasteiger charge is 2.16. The van der Waals surface area contributed by atoms with Gasteiger partial charge in [0.25, 0.3) is 5.82 Å². The molecule has 0 amide bonds. The fourth-order valence-corrected chi connectivity index (χ4v) is 5.62. The average Bonchev–Trinajstić information content (AvgIpc) is 3.27. The van der Waals surface area contributed by atoms with Crippen LogP contribution in [0.4, 0.5) is 0 Å². The van der Waals surface area contributed by atoms with Crippen LogP contribution in [0.5, 0.6) is 0 Å². The maximum atomic E-state index is 2.60. The molecule has 1 aromatic rings. The van der Waals surface area contributed by atoms with Crippen LogP contribution in [0.2, 0.25) is 0 Å². The van der Waals surface area contributed by atoms with Gasteiger partial charge in [-0.25, -0.2) is 9.13 Å². The maximum absolute atomic E-state index is 2.60. The van der Waals surface area contributed by atoms with Gasteiger partial charge in [0.2, 0.25) is 0 Å². The van der Waals surface area contributed by atoms with E-state index in [0.29, 0.717) is 0 Å². The van der Waals surface area contributed by atoms with Gasteiger partial charge in [-0.3, -0.25) is 0 Å². The van der Waals surface area contributed by atoms with Crippen LogP contribution in [0.3, 0.4) is 0 Å². The van der Waals surface area contributed by atoms with Crippen LogP contribution >= 0.6 is 0 Å². The second-order valence-electron chi connectivity index (χ2n) is 11.6. The van der Waals surface area contributed by atoms with Gasteiger partial charge in [0.05, 0.1) is 13.1 Å². The summed E-state index contributed by atoms with van der Waals surface area (Å²) in [5, 5.41) is 0. The first-order chi connectivity index (χ1) is 17.8. The molecule has 1 aromatic heterocycles. The normalized spacial score (nSPS) is 11.5. The van der Waals surface area contributed by atoms with Crippen molar-refractivity contribution in [2.24, 2.45) is 0 Å². The van der Waals surface area contributed by atoms with Gasteiger partial charge in [-0.2, -0.15) is 0 Å². The van der Waals surface area contributed by atoms with E-state index >= 15 is 0 Å². The van der Waals surface area contributed by atoms with E-state index in [4.69, 9.17) is 0 Å². The van der Waals surface area contributed by atoms with Gasteiger partial charge in [0, 0.05) is 6.42 Å². The Labute approximate surface area is 228 Å². The first kappa shape index (κ1) is 33.2. The molecular formula is C34H67N2+. The number of aryl methyl sites for hydroxylation is 2. The predicted molar refractivity (Wildman–Crippen MR) is 161 cm³/mol. The fraction of sp³-hybridized carbons (Fsp3) is 0.912. The Morgan fingerprint density at radius 2 is 0.861 bits per heavy atom. The lowest BCUT2D eigenvalue weighted by molar-refractivity contribution is -0.704. The van der Waals surface area contributed by atoms with Crippen molar-refractivity contribution in [1.82, 2.24) is 4.57 Å². The van der Waals surface area contributed by atoms with Crippen molar-refractivity contribution in [1.29, 1.82) is 0 Å². The fourth-order valence-electron chi connectivity index (χ4n) is 5.62. The summed E-state index contributed by atoms with van der Waals surface area (Å²) in [5.41, 5.74) is 0. The monoisotopic (exact) mass is 504 g/mol. The third kappa shape index (κ3) is 18.5. The Kier molecular flexibility index (Phi) is 23.9. The molecule has 2 nitrogen and oxygen atoms in total. The van der Waals surface area contributed by atoms with E-state index in [9.17, 15) is 0 Å². The SMILES string of the molecule is CCCCCCCCCCCCCCCCCc1n(CCCCCC)cc[n+]1CCCCCCCC. The van der Waals surface area contributed by atoms with Crippen LogP contribution in [0.15, 0.2) is 12.4 Å². The number of rotatable bonds is 28. The molecule has 0 aliphatic heterocycles. The summed E-state index contributed by atoms with van der Waals surface area (Å²) in [6, 6.07) is 0. The van der Waals surface area contributed by atoms with E-state index in [-0.39, 0.29) is 0 Å². The summed E-state index contributed by atoms with van der Waals surface area (Å²) in [7, 11) is 0. The first-order valence-corrected chi connectivity index (χ1v) is 16.9. The molecule has 1 rings (SSSR count). The summed E-state index contributed by atoms with van der Waals surface area (Å²) in [6.45, 7) is 9.37. The summed E-state index contributed by atoms with van der Waals surface area (Å²) in [6.07, 6.45) is 41.5. The van der Waals surface area contributed by atoms with Gasteiger partial charge >= 0.3 is 0 Å². The Balaban J connectivity index is 2.18. The van der Waals surface area contributed by atoms with Gasteiger partial charge in [0.15, 0.2) is 0 Å². The number of imidazole rings is 1.